The molecule has 44 heavy (non-hydrogen) atoms. The topological polar surface area (TPSA) is 182 Å². The van der Waals surface area contributed by atoms with Gasteiger partial charge in [-0.3, -0.25) is 13.9 Å². The molecule has 0 bridgehead atoms. The first kappa shape index (κ1) is 33.8. The van der Waals surface area contributed by atoms with Gasteiger partial charge in [-0.15, -0.1) is 0 Å². The Balaban J connectivity index is 1.56. The van der Waals surface area contributed by atoms with Crippen molar-refractivity contribution in [3.8, 4) is 11.6 Å². The summed E-state index contributed by atoms with van der Waals surface area (Å²) in [6, 6.07) is 5.42. The van der Waals surface area contributed by atoms with Gasteiger partial charge in [-0.05, 0) is 44.5 Å². The number of halogens is 2. The number of hydrogen-bond acceptors (Lipinski definition) is 12. The van der Waals surface area contributed by atoms with Gasteiger partial charge in [-0.25, -0.2) is 19.0 Å². The minimum atomic E-state index is -4.24. The van der Waals surface area contributed by atoms with Crippen molar-refractivity contribution in [2.75, 3.05) is 25.6 Å². The number of carbonyl (C=O) groups is 1. The lowest BCUT2D eigenvalue weighted by molar-refractivity contribution is -0.148. The van der Waals surface area contributed by atoms with E-state index in [9.17, 15) is 14.5 Å². The Labute approximate surface area is 258 Å². The lowest BCUT2D eigenvalue weighted by atomic mass is 9.98. The maximum absolute atomic E-state index is 16.1. The first-order valence-electron chi connectivity index (χ1n) is 14.1. The van der Waals surface area contributed by atoms with E-state index in [0.717, 1.165) is 6.92 Å². The summed E-state index contributed by atoms with van der Waals surface area (Å²) in [6.45, 7) is 7.71. The summed E-state index contributed by atoms with van der Waals surface area (Å²) in [7, 11) is -4.24. The Hall–Kier alpha value is -3.07. The second-order valence-corrected chi connectivity index (χ2v) is 12.8. The van der Waals surface area contributed by atoms with E-state index in [2.05, 4.69) is 20.0 Å². The number of alkyl halides is 1. The third-order valence-corrected chi connectivity index (χ3v) is 8.71. The van der Waals surface area contributed by atoms with Gasteiger partial charge in [0.15, 0.2) is 23.1 Å². The molecule has 242 valence electrons. The van der Waals surface area contributed by atoms with Gasteiger partial charge in [0.2, 0.25) is 11.8 Å². The van der Waals surface area contributed by atoms with E-state index in [1.165, 1.54) is 35.2 Å². The van der Waals surface area contributed by atoms with Gasteiger partial charge in [0.1, 0.15) is 24.6 Å². The molecule has 0 aliphatic carbocycles. The van der Waals surface area contributed by atoms with E-state index >= 15 is 4.39 Å². The van der Waals surface area contributed by atoms with E-state index in [-0.39, 0.29) is 47.9 Å². The van der Waals surface area contributed by atoms with Crippen LogP contribution in [0.3, 0.4) is 0 Å². The average Bonchev–Trinajstić information content (AvgIpc) is 3.48. The Morgan fingerprint density at radius 3 is 2.64 bits per heavy atom. The third-order valence-electron chi connectivity index (χ3n) is 6.84. The second kappa shape index (κ2) is 13.9. The van der Waals surface area contributed by atoms with Crippen molar-refractivity contribution in [3.63, 3.8) is 0 Å². The smallest absolute Gasteiger partial charge is 0.459 e. The number of aliphatic hydroxyl groups is 1. The number of fused-ring (bicyclic) bond motifs is 1. The van der Waals surface area contributed by atoms with Crippen LogP contribution in [0.4, 0.5) is 10.3 Å². The van der Waals surface area contributed by atoms with Crippen LogP contribution in [0.1, 0.15) is 47.3 Å². The molecule has 0 radical (unpaired) electrons. The number of aliphatic hydroxyl groups excluding tert-OH is 1. The fraction of sp³-hybridized carbons (Fsp3) is 0.556. The number of hydrogen-bond donors (Lipinski definition) is 3. The van der Waals surface area contributed by atoms with Crippen LogP contribution in [0.5, 0.6) is 11.6 Å². The minimum absolute atomic E-state index is 0.111. The van der Waals surface area contributed by atoms with Crippen molar-refractivity contribution in [3.05, 3.63) is 35.6 Å². The van der Waals surface area contributed by atoms with Gasteiger partial charge in [0, 0.05) is 5.02 Å². The molecule has 4 rings (SSSR count). The monoisotopic (exact) mass is 658 g/mol. The molecule has 3 aromatic rings. The highest BCUT2D eigenvalue weighted by atomic mass is 35.5. The summed E-state index contributed by atoms with van der Waals surface area (Å²) in [4.78, 5) is 24.5. The van der Waals surface area contributed by atoms with E-state index in [4.69, 9.17) is 40.6 Å². The predicted octanol–water partition coefficient (Wildman–Crippen LogP) is 4.22. The lowest BCUT2D eigenvalue weighted by Gasteiger charge is -2.26. The third kappa shape index (κ3) is 7.59. The summed E-state index contributed by atoms with van der Waals surface area (Å²) in [5.74, 6) is -0.636. The number of nitrogens with two attached hydrogens (primary N) is 1. The minimum Gasteiger partial charge on any atom is -0.476 e. The molecule has 1 fully saturated rings. The quantitative estimate of drug-likeness (QED) is 0.166. The normalized spacial score (nSPS) is 23.9. The first-order chi connectivity index (χ1) is 20.8. The van der Waals surface area contributed by atoms with Gasteiger partial charge in [-0.1, -0.05) is 32.4 Å². The molecule has 1 saturated heterocycles. The van der Waals surface area contributed by atoms with Crippen molar-refractivity contribution in [1.82, 2.24) is 24.6 Å². The number of ether oxygens (including phenoxy) is 3. The molecule has 6 atom stereocenters. The maximum atomic E-state index is 16.1. The van der Waals surface area contributed by atoms with Gasteiger partial charge >= 0.3 is 13.7 Å². The van der Waals surface area contributed by atoms with Crippen molar-refractivity contribution in [2.24, 2.45) is 5.92 Å². The molecule has 14 nitrogen and oxygen atoms in total. The summed E-state index contributed by atoms with van der Waals surface area (Å²) in [5.41, 5.74) is 3.82. The molecular weight excluding hydrogens is 622 g/mol. The molecule has 0 saturated carbocycles. The van der Waals surface area contributed by atoms with Crippen LogP contribution >= 0.6 is 19.3 Å². The fourth-order valence-electron chi connectivity index (χ4n) is 4.38. The molecule has 0 amide bonds. The number of nitrogens with zero attached hydrogens (tertiary/aromatic N) is 4. The Kier molecular flexibility index (Phi) is 10.7. The summed E-state index contributed by atoms with van der Waals surface area (Å²) < 4.78 is 59.6. The number of nitrogens with one attached hydrogen (secondary N) is 1. The number of esters is 1. The number of imidazole rings is 1. The van der Waals surface area contributed by atoms with Gasteiger partial charge in [-0.2, -0.15) is 9.97 Å². The molecule has 4 N–H and O–H groups in total. The molecule has 1 aliphatic heterocycles. The predicted molar refractivity (Wildman–Crippen MR) is 159 cm³/mol. The van der Waals surface area contributed by atoms with E-state index < -0.39 is 50.5 Å². The highest BCUT2D eigenvalue weighted by Gasteiger charge is 2.56. The van der Waals surface area contributed by atoms with Gasteiger partial charge in [0.05, 0.1) is 31.5 Å². The van der Waals surface area contributed by atoms with Gasteiger partial charge < -0.3 is 29.6 Å². The highest BCUT2D eigenvalue weighted by molar-refractivity contribution is 7.52. The Bertz CT molecular complexity index is 1490. The van der Waals surface area contributed by atoms with Crippen LogP contribution in [-0.2, 0) is 23.4 Å². The molecule has 1 aromatic carbocycles. The van der Waals surface area contributed by atoms with Crippen LogP contribution in [0.2, 0.25) is 5.02 Å². The highest BCUT2D eigenvalue weighted by Crippen LogP contribution is 2.48. The number of aromatic nitrogens is 4. The summed E-state index contributed by atoms with van der Waals surface area (Å²) >= 11 is 5.97. The maximum Gasteiger partial charge on any atom is 0.459 e. The Morgan fingerprint density at radius 1 is 1.30 bits per heavy atom. The summed E-state index contributed by atoms with van der Waals surface area (Å²) in [6.07, 6.45) is -2.80. The van der Waals surface area contributed by atoms with Crippen molar-refractivity contribution < 1.29 is 42.1 Å². The van der Waals surface area contributed by atoms with E-state index in [1.54, 1.807) is 27.7 Å². The van der Waals surface area contributed by atoms with Crippen LogP contribution < -0.4 is 20.1 Å². The molecule has 1 unspecified atom stereocenters. The zero-order valence-electron chi connectivity index (χ0n) is 25.0. The molecule has 17 heteroatoms. The second-order valence-electron chi connectivity index (χ2n) is 10.6. The number of benzene rings is 1. The number of rotatable bonds is 14. The zero-order chi connectivity index (χ0) is 32.2. The van der Waals surface area contributed by atoms with Crippen LogP contribution in [-0.4, -0.2) is 74.3 Å². The first-order valence-corrected chi connectivity index (χ1v) is 16.0. The molecule has 0 spiro atoms. The molecule has 2 aromatic heterocycles. The average molecular weight is 659 g/mol. The van der Waals surface area contributed by atoms with E-state index in [0.29, 0.717) is 11.4 Å². The zero-order valence-corrected chi connectivity index (χ0v) is 26.6. The van der Waals surface area contributed by atoms with Crippen LogP contribution in [0.25, 0.3) is 11.2 Å². The standard InChI is InChI=1S/C27H37ClFN6O8P/c1-6-17(12-40-24(37)15(3)4)34-44(38,43-18-10-8-16(28)9-11-18)41-13-19-21(36)27(5,29)25(42-19)35-14-31-20-22(35)32-26(30)33-23(20)39-7-2/h8-11,14-15,17,19,21,25,36H,6-7,12-13H2,1-5H3,(H,34,38)(H2,30,32,33)/t17-,19+,21+,25+,27+,44?/m0/s1. The largest absolute Gasteiger partial charge is 0.476 e. The SMILES string of the molecule is CCOc1nc(N)nc2c1ncn2[C@@H]1O[C@H](COP(=O)(N[C@@H](CC)COC(=O)C(C)C)Oc2ccc(Cl)cc2)[C@@H](O)[C@@]1(C)F. The van der Waals surface area contributed by atoms with Crippen molar-refractivity contribution in [2.45, 2.75) is 71.2 Å². The van der Waals surface area contributed by atoms with Crippen molar-refractivity contribution in [1.29, 1.82) is 0 Å². The molecule has 3 heterocycles. The lowest BCUT2D eigenvalue weighted by Crippen LogP contribution is -2.41. The number of nitrogen functional groups attached to an aromatic ring is 1. The Morgan fingerprint density at radius 2 is 2.00 bits per heavy atom. The number of anilines is 1. The van der Waals surface area contributed by atoms with Crippen LogP contribution in [0.15, 0.2) is 30.6 Å². The molecular formula is C27H37ClFN6O8P. The van der Waals surface area contributed by atoms with E-state index in [1.807, 2.05) is 0 Å². The molecule has 1 aliphatic rings. The van der Waals surface area contributed by atoms with Gasteiger partial charge in [0.25, 0.3) is 0 Å². The van der Waals surface area contributed by atoms with Crippen LogP contribution in [0, 0.1) is 5.92 Å². The summed E-state index contributed by atoms with van der Waals surface area (Å²) in [5, 5.41) is 14.2. The fourth-order valence-corrected chi connectivity index (χ4v) is 6.13. The number of carbonyl (C=O) groups excluding carboxylic acids is 1. The van der Waals surface area contributed by atoms with Crippen molar-refractivity contribution >= 4 is 42.4 Å².